The molecule has 0 spiro atoms. The maximum absolute atomic E-state index is 5.61. The van der Waals surface area contributed by atoms with Crippen molar-refractivity contribution in [2.24, 2.45) is 10.7 Å². The van der Waals surface area contributed by atoms with E-state index in [9.17, 15) is 0 Å². The van der Waals surface area contributed by atoms with Crippen molar-refractivity contribution in [2.45, 2.75) is 0 Å². The highest BCUT2D eigenvalue weighted by Gasteiger charge is 1.96. The quantitative estimate of drug-likeness (QED) is 0.523. The minimum atomic E-state index is 0.700. The molecule has 1 aliphatic heterocycles. The fourth-order valence-electron chi connectivity index (χ4n) is 0.465. The molecule has 0 amide bonds. The van der Waals surface area contributed by atoms with Gasteiger partial charge in [-0.05, 0) is 57.1 Å². The van der Waals surface area contributed by atoms with Gasteiger partial charge in [0, 0.05) is 9.66 Å². The molecule has 0 unspecified atom stereocenters. The van der Waals surface area contributed by atoms with Crippen LogP contribution in [0, 0.1) is 0 Å². The molecule has 0 atom stereocenters. The van der Waals surface area contributed by atoms with Gasteiger partial charge in [0.1, 0.15) is 3.70 Å². The van der Waals surface area contributed by atoms with Crippen molar-refractivity contribution in [2.75, 3.05) is 0 Å². The highest BCUT2D eigenvalue weighted by molar-refractivity contribution is 14.1. The molecule has 0 aliphatic carbocycles. The van der Waals surface area contributed by atoms with Crippen molar-refractivity contribution in [1.29, 1.82) is 0 Å². The number of hydrogen-bond donors (Lipinski definition) is 1. The first kappa shape index (κ1) is 8.29. The van der Waals surface area contributed by atoms with Crippen molar-refractivity contribution in [3.8, 4) is 0 Å². The smallest absolute Gasteiger partial charge is 0.134 e. The minimum Gasteiger partial charge on any atom is -0.397 e. The van der Waals surface area contributed by atoms with E-state index in [0.717, 1.165) is 7.28 Å². The van der Waals surface area contributed by atoms with E-state index in [1.165, 1.54) is 0 Å². The second-order valence-electron chi connectivity index (χ2n) is 1.66. The number of allylic oxidation sites excluding steroid dienone is 3. The molecule has 10 heavy (non-hydrogen) atoms. The lowest BCUT2D eigenvalue weighted by molar-refractivity contribution is 1.37. The Balaban J connectivity index is 3.14. The number of rotatable bonds is 0. The normalized spacial score (nSPS) is 17.2. The molecule has 0 saturated heterocycles. The summed E-state index contributed by atoms with van der Waals surface area (Å²) in [6.07, 6.45) is 3.66. The molecular formula is C6H4I2N2. The molecule has 0 radical (unpaired) electrons. The van der Waals surface area contributed by atoms with E-state index in [2.05, 4.69) is 56.0 Å². The van der Waals surface area contributed by atoms with Crippen LogP contribution in [-0.2, 0) is 0 Å². The first-order valence-electron chi connectivity index (χ1n) is 2.52. The molecule has 2 N–H and O–H groups in total. The molecule has 0 aromatic rings. The largest absolute Gasteiger partial charge is 0.397 e. The van der Waals surface area contributed by atoms with Crippen LogP contribution in [0.2, 0.25) is 0 Å². The Morgan fingerprint density at radius 1 is 1.50 bits per heavy atom. The van der Waals surface area contributed by atoms with E-state index in [-0.39, 0.29) is 0 Å². The van der Waals surface area contributed by atoms with Gasteiger partial charge in [0.05, 0.1) is 5.70 Å². The van der Waals surface area contributed by atoms with Gasteiger partial charge in [-0.2, -0.15) is 4.99 Å². The van der Waals surface area contributed by atoms with Gasteiger partial charge in [0.15, 0.2) is 0 Å². The monoisotopic (exact) mass is 358 g/mol. The molecule has 1 heterocycles. The SMILES string of the molecule is NC1=C(I)N=C=CC(I)=C1. The van der Waals surface area contributed by atoms with Gasteiger partial charge in [-0.1, -0.05) is 0 Å². The van der Waals surface area contributed by atoms with Gasteiger partial charge in [-0.25, -0.2) is 0 Å². The third kappa shape index (κ3) is 2.10. The maximum Gasteiger partial charge on any atom is 0.134 e. The summed E-state index contributed by atoms with van der Waals surface area (Å²) in [5.74, 6) is 2.76. The Labute approximate surface area is 86.2 Å². The molecule has 0 aromatic carbocycles. The van der Waals surface area contributed by atoms with E-state index < -0.39 is 0 Å². The van der Waals surface area contributed by atoms with E-state index >= 15 is 0 Å². The fraction of sp³-hybridized carbons (Fsp3) is 0. The van der Waals surface area contributed by atoms with Crippen LogP contribution < -0.4 is 5.73 Å². The Hall–Kier alpha value is 0.190. The number of nitrogens with two attached hydrogens (primary N) is 1. The average molecular weight is 358 g/mol. The van der Waals surface area contributed by atoms with Crippen LogP contribution in [0.5, 0.6) is 0 Å². The Morgan fingerprint density at radius 3 is 2.90 bits per heavy atom. The van der Waals surface area contributed by atoms with Crippen LogP contribution >= 0.6 is 45.2 Å². The van der Waals surface area contributed by atoms with Gasteiger partial charge in [-0.15, -0.1) is 0 Å². The van der Waals surface area contributed by atoms with E-state index in [4.69, 9.17) is 5.73 Å². The van der Waals surface area contributed by atoms with Gasteiger partial charge in [-0.3, -0.25) is 0 Å². The van der Waals surface area contributed by atoms with E-state index in [1.54, 1.807) is 6.08 Å². The van der Waals surface area contributed by atoms with Gasteiger partial charge >= 0.3 is 0 Å². The maximum atomic E-state index is 5.61. The average Bonchev–Trinajstić information content (AvgIpc) is 1.96. The number of halogens is 2. The standard InChI is InChI=1S/C6H4I2N2/c7-4-1-2-10-6(8)5(9)3-4/h1,3H,9H2. The zero-order chi connectivity index (χ0) is 7.56. The zero-order valence-corrected chi connectivity index (χ0v) is 9.25. The second kappa shape index (κ2) is 3.54. The lowest BCUT2D eigenvalue weighted by Crippen LogP contribution is -1.93. The Morgan fingerprint density at radius 2 is 2.20 bits per heavy atom. The van der Waals surface area contributed by atoms with Crippen LogP contribution in [0.1, 0.15) is 0 Å². The van der Waals surface area contributed by atoms with Crippen molar-refractivity contribution in [3.63, 3.8) is 0 Å². The summed E-state index contributed by atoms with van der Waals surface area (Å²) < 4.78 is 1.84. The molecule has 1 aliphatic rings. The summed E-state index contributed by atoms with van der Waals surface area (Å²) >= 11 is 4.25. The third-order valence-electron chi connectivity index (χ3n) is 0.897. The molecular weight excluding hydrogens is 354 g/mol. The Bertz CT molecular complexity index is 269. The summed E-state index contributed by atoms with van der Waals surface area (Å²) in [5.41, 5.74) is 6.31. The molecule has 0 saturated carbocycles. The first-order valence-corrected chi connectivity index (χ1v) is 4.68. The lowest BCUT2D eigenvalue weighted by Gasteiger charge is -1.91. The van der Waals surface area contributed by atoms with Gasteiger partial charge < -0.3 is 5.73 Å². The molecule has 0 fully saturated rings. The van der Waals surface area contributed by atoms with E-state index in [1.807, 2.05) is 6.08 Å². The van der Waals surface area contributed by atoms with Crippen molar-refractivity contribution in [1.82, 2.24) is 0 Å². The molecule has 4 heteroatoms. The number of nitrogens with zero attached hydrogens (tertiary/aromatic N) is 1. The summed E-state index contributed by atoms with van der Waals surface area (Å²) in [4.78, 5) is 3.93. The number of hydrogen-bond acceptors (Lipinski definition) is 2. The molecule has 0 bridgehead atoms. The topological polar surface area (TPSA) is 38.4 Å². The highest BCUT2D eigenvalue weighted by Crippen LogP contribution is 2.17. The van der Waals surface area contributed by atoms with Gasteiger partial charge in [0.2, 0.25) is 0 Å². The third-order valence-corrected chi connectivity index (χ3v) is 2.38. The molecule has 52 valence electrons. The van der Waals surface area contributed by atoms with Crippen molar-refractivity contribution in [3.05, 3.63) is 25.1 Å². The van der Waals surface area contributed by atoms with Crippen LogP contribution in [0.3, 0.4) is 0 Å². The summed E-state index contributed by atoms with van der Waals surface area (Å²) in [5, 5.41) is 0. The zero-order valence-electron chi connectivity index (χ0n) is 4.94. The lowest BCUT2D eigenvalue weighted by atomic mass is 10.4. The Kier molecular flexibility index (Phi) is 2.94. The number of aliphatic imine (C=N–C) groups is 1. The predicted octanol–water partition coefficient (Wildman–Crippen LogP) is 2.11. The van der Waals surface area contributed by atoms with Crippen LogP contribution in [0.15, 0.2) is 30.1 Å². The van der Waals surface area contributed by atoms with Crippen LogP contribution in [0.4, 0.5) is 0 Å². The van der Waals surface area contributed by atoms with Gasteiger partial charge in [0.25, 0.3) is 0 Å². The predicted molar refractivity (Wildman–Crippen MR) is 59.3 cm³/mol. The van der Waals surface area contributed by atoms with Crippen LogP contribution in [0.25, 0.3) is 0 Å². The summed E-state index contributed by atoms with van der Waals surface area (Å²) in [6, 6.07) is 0. The van der Waals surface area contributed by atoms with Crippen LogP contribution in [-0.4, -0.2) is 5.87 Å². The molecule has 0 aromatic heterocycles. The fourth-order valence-corrected chi connectivity index (χ4v) is 1.23. The minimum absolute atomic E-state index is 0.700. The first-order chi connectivity index (χ1) is 4.70. The second-order valence-corrected chi connectivity index (χ2v) is 3.93. The van der Waals surface area contributed by atoms with Crippen molar-refractivity contribution < 1.29 is 0 Å². The molecule has 2 nitrogen and oxygen atoms in total. The summed E-state index contributed by atoms with van der Waals surface area (Å²) in [6.45, 7) is 0. The molecule has 1 rings (SSSR count). The van der Waals surface area contributed by atoms with E-state index in [0.29, 0.717) is 5.70 Å². The van der Waals surface area contributed by atoms with Crippen molar-refractivity contribution >= 4 is 51.1 Å². The highest BCUT2D eigenvalue weighted by atomic mass is 127. The summed E-state index contributed by atoms with van der Waals surface area (Å²) in [7, 11) is 0.